The Morgan fingerprint density at radius 3 is 2.34 bits per heavy atom. The zero-order valence-corrected chi connectivity index (χ0v) is 18.8. The summed E-state index contributed by atoms with van der Waals surface area (Å²) in [4.78, 5) is 27.2. The molecule has 0 saturated carbocycles. The number of hydrogen-bond donors (Lipinski definition) is 2. The fraction of sp³-hybridized carbons (Fsp3) is 0.368. The molecular weight excluding hydrogens is 434 g/mol. The number of rotatable bonds is 8. The standard InChI is InChI=1S/C19H24ClN3O4S2/c1-19(2,3)22-17(24)13-23(12-15-5-4-10-28-15)18(25)11-21-29(26,27)16-8-6-14(20)7-9-16/h4-10,21H,11-13H2,1-3H3,(H,22,24). The number of thiophene rings is 1. The van der Waals surface area contributed by atoms with E-state index in [1.165, 1.54) is 40.5 Å². The number of carbonyl (C=O) groups excluding carboxylic acids is 2. The smallest absolute Gasteiger partial charge is 0.241 e. The van der Waals surface area contributed by atoms with Crippen LogP contribution in [0.3, 0.4) is 0 Å². The molecule has 29 heavy (non-hydrogen) atoms. The Labute approximate surface area is 180 Å². The average Bonchev–Trinajstić information content (AvgIpc) is 3.11. The highest BCUT2D eigenvalue weighted by atomic mass is 35.5. The number of nitrogens with one attached hydrogen (secondary N) is 2. The predicted octanol–water partition coefficient (Wildman–Crippen LogP) is 2.62. The molecule has 0 aliphatic rings. The Balaban J connectivity index is 2.07. The second-order valence-electron chi connectivity index (χ2n) is 7.41. The molecule has 1 heterocycles. The van der Waals surface area contributed by atoms with Crippen LogP contribution in [-0.4, -0.2) is 43.8 Å². The second-order valence-corrected chi connectivity index (χ2v) is 10.6. The maximum atomic E-state index is 12.7. The highest BCUT2D eigenvalue weighted by molar-refractivity contribution is 7.89. The van der Waals surface area contributed by atoms with Gasteiger partial charge < -0.3 is 10.2 Å². The highest BCUT2D eigenvalue weighted by Crippen LogP contribution is 2.15. The number of carbonyl (C=O) groups is 2. The van der Waals surface area contributed by atoms with Crippen LogP contribution < -0.4 is 10.0 Å². The summed E-state index contributed by atoms with van der Waals surface area (Å²) in [6.07, 6.45) is 0. The molecule has 2 N–H and O–H groups in total. The van der Waals surface area contributed by atoms with E-state index >= 15 is 0 Å². The maximum absolute atomic E-state index is 12.7. The van der Waals surface area contributed by atoms with Gasteiger partial charge in [-0.2, -0.15) is 0 Å². The van der Waals surface area contributed by atoms with Gasteiger partial charge in [-0.25, -0.2) is 13.1 Å². The third-order valence-electron chi connectivity index (χ3n) is 3.67. The Kier molecular flexibility index (Phi) is 7.81. The topological polar surface area (TPSA) is 95.6 Å². The lowest BCUT2D eigenvalue weighted by atomic mass is 10.1. The molecule has 0 aliphatic heterocycles. The van der Waals surface area contributed by atoms with E-state index in [1.807, 2.05) is 38.3 Å². The van der Waals surface area contributed by atoms with E-state index in [2.05, 4.69) is 10.0 Å². The summed E-state index contributed by atoms with van der Waals surface area (Å²) in [6, 6.07) is 9.33. The third kappa shape index (κ3) is 7.77. The monoisotopic (exact) mass is 457 g/mol. The Morgan fingerprint density at radius 1 is 1.14 bits per heavy atom. The van der Waals surface area contributed by atoms with E-state index in [4.69, 9.17) is 11.6 Å². The normalized spacial score (nSPS) is 11.9. The van der Waals surface area contributed by atoms with Crippen molar-refractivity contribution < 1.29 is 18.0 Å². The Bertz CT molecular complexity index is 937. The first-order valence-corrected chi connectivity index (χ1v) is 11.6. The predicted molar refractivity (Wildman–Crippen MR) is 114 cm³/mol. The molecule has 0 unspecified atom stereocenters. The summed E-state index contributed by atoms with van der Waals surface area (Å²) in [7, 11) is -3.88. The molecular formula is C19H24ClN3O4S2. The van der Waals surface area contributed by atoms with Crippen molar-refractivity contribution in [3.05, 3.63) is 51.7 Å². The van der Waals surface area contributed by atoms with Crippen molar-refractivity contribution in [1.82, 2.24) is 14.9 Å². The largest absolute Gasteiger partial charge is 0.350 e. The van der Waals surface area contributed by atoms with E-state index in [-0.39, 0.29) is 23.9 Å². The average molecular weight is 458 g/mol. The zero-order valence-electron chi connectivity index (χ0n) is 16.4. The van der Waals surface area contributed by atoms with Gasteiger partial charge in [0.25, 0.3) is 0 Å². The summed E-state index contributed by atoms with van der Waals surface area (Å²) in [5.41, 5.74) is -0.440. The molecule has 0 radical (unpaired) electrons. The Morgan fingerprint density at radius 2 is 1.79 bits per heavy atom. The fourth-order valence-electron chi connectivity index (χ4n) is 2.42. The van der Waals surface area contributed by atoms with Crippen molar-refractivity contribution >= 4 is 44.8 Å². The van der Waals surface area contributed by atoms with Crippen molar-refractivity contribution in [2.75, 3.05) is 13.1 Å². The molecule has 0 saturated heterocycles. The molecule has 2 aromatic rings. The molecule has 1 aromatic heterocycles. The van der Waals surface area contributed by atoms with Gasteiger partial charge in [0, 0.05) is 15.4 Å². The van der Waals surface area contributed by atoms with Gasteiger partial charge in [0.2, 0.25) is 21.8 Å². The first kappa shape index (κ1) is 23.3. The summed E-state index contributed by atoms with van der Waals surface area (Å²) in [5, 5.41) is 5.09. The number of halogens is 1. The maximum Gasteiger partial charge on any atom is 0.241 e. The van der Waals surface area contributed by atoms with Gasteiger partial charge in [0.15, 0.2) is 0 Å². The lowest BCUT2D eigenvalue weighted by Crippen LogP contribution is -2.48. The van der Waals surface area contributed by atoms with Crippen LogP contribution in [0, 0.1) is 0 Å². The van der Waals surface area contributed by atoms with Gasteiger partial charge in [-0.1, -0.05) is 17.7 Å². The molecule has 0 fully saturated rings. The fourth-order valence-corrected chi connectivity index (χ4v) is 4.24. The van der Waals surface area contributed by atoms with Crippen LogP contribution in [0.1, 0.15) is 25.6 Å². The first-order valence-electron chi connectivity index (χ1n) is 8.83. The molecule has 0 bridgehead atoms. The van der Waals surface area contributed by atoms with Crippen LogP contribution in [0.4, 0.5) is 0 Å². The van der Waals surface area contributed by atoms with E-state index in [0.29, 0.717) is 5.02 Å². The minimum absolute atomic E-state index is 0.00461. The highest BCUT2D eigenvalue weighted by Gasteiger charge is 2.23. The quantitative estimate of drug-likeness (QED) is 0.636. The third-order valence-corrected chi connectivity index (χ3v) is 6.20. The minimum atomic E-state index is -3.88. The molecule has 0 aliphatic carbocycles. The van der Waals surface area contributed by atoms with Crippen molar-refractivity contribution in [1.29, 1.82) is 0 Å². The lowest BCUT2D eigenvalue weighted by Gasteiger charge is -2.25. The van der Waals surface area contributed by atoms with Gasteiger partial charge in [0.1, 0.15) is 0 Å². The molecule has 2 rings (SSSR count). The second kappa shape index (κ2) is 9.71. The minimum Gasteiger partial charge on any atom is -0.350 e. The number of nitrogens with zero attached hydrogens (tertiary/aromatic N) is 1. The number of sulfonamides is 1. The molecule has 158 valence electrons. The van der Waals surface area contributed by atoms with Crippen LogP contribution in [0.2, 0.25) is 5.02 Å². The van der Waals surface area contributed by atoms with E-state index < -0.39 is 28.0 Å². The van der Waals surface area contributed by atoms with Crippen molar-refractivity contribution in [3.63, 3.8) is 0 Å². The molecule has 1 aromatic carbocycles. The first-order chi connectivity index (χ1) is 13.5. The van der Waals surface area contributed by atoms with Crippen LogP contribution in [0.5, 0.6) is 0 Å². The van der Waals surface area contributed by atoms with Crippen LogP contribution in [0.15, 0.2) is 46.7 Å². The molecule has 7 nitrogen and oxygen atoms in total. The number of benzene rings is 1. The van der Waals surface area contributed by atoms with Gasteiger partial charge in [-0.15, -0.1) is 11.3 Å². The SMILES string of the molecule is CC(C)(C)NC(=O)CN(Cc1cccs1)C(=O)CNS(=O)(=O)c1ccc(Cl)cc1. The van der Waals surface area contributed by atoms with E-state index in [0.717, 1.165) is 4.88 Å². The van der Waals surface area contributed by atoms with Crippen LogP contribution >= 0.6 is 22.9 Å². The van der Waals surface area contributed by atoms with E-state index in [9.17, 15) is 18.0 Å². The molecule has 0 atom stereocenters. The molecule has 2 amide bonds. The van der Waals surface area contributed by atoms with Crippen molar-refractivity contribution in [3.8, 4) is 0 Å². The van der Waals surface area contributed by atoms with Crippen molar-refractivity contribution in [2.45, 2.75) is 37.8 Å². The summed E-state index contributed by atoms with van der Waals surface area (Å²) < 4.78 is 27.1. The number of hydrogen-bond acceptors (Lipinski definition) is 5. The summed E-state index contributed by atoms with van der Waals surface area (Å²) >= 11 is 7.23. The summed E-state index contributed by atoms with van der Waals surface area (Å²) in [6.45, 7) is 5.12. The lowest BCUT2D eigenvalue weighted by molar-refractivity contribution is -0.136. The van der Waals surface area contributed by atoms with Gasteiger partial charge >= 0.3 is 0 Å². The van der Waals surface area contributed by atoms with Gasteiger partial charge in [-0.3, -0.25) is 9.59 Å². The number of amides is 2. The molecule has 0 spiro atoms. The van der Waals surface area contributed by atoms with Gasteiger partial charge in [0.05, 0.1) is 24.5 Å². The van der Waals surface area contributed by atoms with Crippen LogP contribution in [-0.2, 0) is 26.2 Å². The van der Waals surface area contributed by atoms with E-state index in [1.54, 1.807) is 0 Å². The Hall–Kier alpha value is -1.94. The van der Waals surface area contributed by atoms with Gasteiger partial charge in [-0.05, 0) is 56.5 Å². The molecule has 10 heteroatoms. The summed E-state index contributed by atoms with van der Waals surface area (Å²) in [5.74, 6) is -0.817. The zero-order chi connectivity index (χ0) is 21.7. The van der Waals surface area contributed by atoms with Crippen LogP contribution in [0.25, 0.3) is 0 Å². The van der Waals surface area contributed by atoms with Crippen molar-refractivity contribution in [2.24, 2.45) is 0 Å².